The average molecular weight is 322 g/mol. The van der Waals surface area contributed by atoms with Gasteiger partial charge in [0.05, 0.1) is 11.3 Å². The molecular weight excluding hydrogens is 300 g/mol. The SMILES string of the molecule is Cc1ccc(S(=O)(=O)C2CC(=O)OC2C2CCCCC2)cc1. The van der Waals surface area contributed by atoms with Gasteiger partial charge in [-0.3, -0.25) is 4.79 Å². The summed E-state index contributed by atoms with van der Waals surface area (Å²) in [6.45, 7) is 1.92. The normalized spacial score (nSPS) is 26.9. The van der Waals surface area contributed by atoms with Crippen LogP contribution >= 0.6 is 0 Å². The Kier molecular flexibility index (Phi) is 4.26. The number of ether oxygens (including phenoxy) is 1. The number of rotatable bonds is 3. The summed E-state index contributed by atoms with van der Waals surface area (Å²) in [6, 6.07) is 6.84. The second kappa shape index (κ2) is 6.03. The van der Waals surface area contributed by atoms with E-state index in [9.17, 15) is 13.2 Å². The Bertz CT molecular complexity index is 642. The van der Waals surface area contributed by atoms with E-state index >= 15 is 0 Å². The van der Waals surface area contributed by atoms with Gasteiger partial charge < -0.3 is 4.74 Å². The van der Waals surface area contributed by atoms with Gasteiger partial charge in [-0.2, -0.15) is 0 Å². The third-order valence-electron chi connectivity index (χ3n) is 4.86. The third-order valence-corrected chi connectivity index (χ3v) is 7.03. The zero-order valence-electron chi connectivity index (χ0n) is 12.8. The molecule has 0 spiro atoms. The molecule has 1 saturated carbocycles. The Balaban J connectivity index is 1.89. The second-order valence-electron chi connectivity index (χ2n) is 6.45. The fourth-order valence-electron chi connectivity index (χ4n) is 3.61. The van der Waals surface area contributed by atoms with E-state index in [0.717, 1.165) is 31.2 Å². The zero-order chi connectivity index (χ0) is 15.7. The molecule has 0 N–H and O–H groups in total. The van der Waals surface area contributed by atoms with Crippen LogP contribution in [0.2, 0.25) is 0 Å². The summed E-state index contributed by atoms with van der Waals surface area (Å²) in [7, 11) is -3.53. The standard InChI is InChI=1S/C17H22O4S/c1-12-7-9-14(10-8-12)22(19,20)15-11-16(18)21-17(15)13-5-3-2-4-6-13/h7-10,13,15,17H,2-6,11H2,1H3. The van der Waals surface area contributed by atoms with Crippen molar-refractivity contribution >= 4 is 15.8 Å². The lowest BCUT2D eigenvalue weighted by molar-refractivity contribution is -0.143. The van der Waals surface area contributed by atoms with Crippen LogP contribution in [0.4, 0.5) is 0 Å². The molecule has 1 heterocycles. The quantitative estimate of drug-likeness (QED) is 0.803. The lowest BCUT2D eigenvalue weighted by Gasteiger charge is -2.29. The Morgan fingerprint density at radius 3 is 2.32 bits per heavy atom. The number of esters is 1. The molecule has 1 aliphatic carbocycles. The van der Waals surface area contributed by atoms with Gasteiger partial charge in [0.2, 0.25) is 0 Å². The van der Waals surface area contributed by atoms with Crippen LogP contribution in [0.15, 0.2) is 29.2 Å². The molecule has 0 amide bonds. The van der Waals surface area contributed by atoms with Gasteiger partial charge >= 0.3 is 5.97 Å². The van der Waals surface area contributed by atoms with E-state index in [4.69, 9.17) is 4.74 Å². The van der Waals surface area contributed by atoms with Crippen LogP contribution < -0.4 is 0 Å². The molecule has 2 atom stereocenters. The molecule has 1 saturated heterocycles. The van der Waals surface area contributed by atoms with Gasteiger partial charge in [0.25, 0.3) is 0 Å². The van der Waals surface area contributed by atoms with E-state index in [2.05, 4.69) is 0 Å². The molecule has 1 aromatic carbocycles. The van der Waals surface area contributed by atoms with Crippen LogP contribution in [0, 0.1) is 12.8 Å². The molecule has 1 aromatic rings. The highest BCUT2D eigenvalue weighted by Crippen LogP contribution is 2.37. The predicted molar refractivity (Wildman–Crippen MR) is 83.2 cm³/mol. The molecule has 2 unspecified atom stereocenters. The summed E-state index contributed by atoms with van der Waals surface area (Å²) < 4.78 is 31.3. The number of aryl methyl sites for hydroxylation is 1. The first-order valence-electron chi connectivity index (χ1n) is 7.98. The van der Waals surface area contributed by atoms with Gasteiger partial charge in [0, 0.05) is 0 Å². The van der Waals surface area contributed by atoms with Crippen LogP contribution in [0.5, 0.6) is 0 Å². The number of carbonyl (C=O) groups excluding carboxylic acids is 1. The highest BCUT2D eigenvalue weighted by molar-refractivity contribution is 7.92. The zero-order valence-corrected chi connectivity index (χ0v) is 13.6. The topological polar surface area (TPSA) is 60.4 Å². The summed E-state index contributed by atoms with van der Waals surface area (Å²) in [4.78, 5) is 12.0. The molecule has 4 nitrogen and oxygen atoms in total. The van der Waals surface area contributed by atoms with E-state index < -0.39 is 21.2 Å². The van der Waals surface area contributed by atoms with Crippen LogP contribution in [-0.2, 0) is 19.4 Å². The number of benzene rings is 1. The maximum atomic E-state index is 12.9. The number of hydrogen-bond acceptors (Lipinski definition) is 4. The van der Waals surface area contributed by atoms with Gasteiger partial charge in [0.1, 0.15) is 11.4 Å². The van der Waals surface area contributed by atoms with E-state index in [1.165, 1.54) is 6.42 Å². The molecule has 22 heavy (non-hydrogen) atoms. The van der Waals surface area contributed by atoms with E-state index in [1.54, 1.807) is 24.3 Å². The lowest BCUT2D eigenvalue weighted by atomic mass is 9.84. The second-order valence-corrected chi connectivity index (χ2v) is 8.62. The third kappa shape index (κ3) is 2.91. The van der Waals surface area contributed by atoms with E-state index in [-0.39, 0.29) is 18.3 Å². The molecule has 0 bridgehead atoms. The number of hydrogen-bond donors (Lipinski definition) is 0. The van der Waals surface area contributed by atoms with Crippen molar-refractivity contribution in [2.24, 2.45) is 5.92 Å². The smallest absolute Gasteiger partial charge is 0.307 e. The summed E-state index contributed by atoms with van der Waals surface area (Å²) in [6.07, 6.45) is 4.80. The summed E-state index contributed by atoms with van der Waals surface area (Å²) >= 11 is 0. The molecule has 0 radical (unpaired) electrons. The molecule has 120 valence electrons. The van der Waals surface area contributed by atoms with Crippen molar-refractivity contribution in [3.8, 4) is 0 Å². The maximum absolute atomic E-state index is 12.9. The Morgan fingerprint density at radius 2 is 1.68 bits per heavy atom. The molecule has 1 aliphatic heterocycles. The minimum Gasteiger partial charge on any atom is -0.461 e. The first-order valence-corrected chi connectivity index (χ1v) is 9.53. The largest absolute Gasteiger partial charge is 0.461 e. The number of carbonyl (C=O) groups is 1. The van der Waals surface area contributed by atoms with Crippen molar-refractivity contribution in [2.75, 3.05) is 0 Å². The first kappa shape index (κ1) is 15.5. The number of sulfone groups is 1. The number of cyclic esters (lactones) is 1. The fraction of sp³-hybridized carbons (Fsp3) is 0.588. The Morgan fingerprint density at radius 1 is 1.05 bits per heavy atom. The van der Waals surface area contributed by atoms with Crippen molar-refractivity contribution in [3.05, 3.63) is 29.8 Å². The van der Waals surface area contributed by atoms with Crippen LogP contribution in [0.3, 0.4) is 0 Å². The van der Waals surface area contributed by atoms with Gasteiger partial charge in [-0.25, -0.2) is 8.42 Å². The monoisotopic (exact) mass is 322 g/mol. The minimum atomic E-state index is -3.53. The summed E-state index contributed by atoms with van der Waals surface area (Å²) in [5.41, 5.74) is 1.02. The Labute approximate surface area is 131 Å². The fourth-order valence-corrected chi connectivity index (χ4v) is 5.46. The van der Waals surface area contributed by atoms with Crippen molar-refractivity contribution in [3.63, 3.8) is 0 Å². The lowest BCUT2D eigenvalue weighted by Crippen LogP contribution is -2.37. The Hall–Kier alpha value is -1.36. The maximum Gasteiger partial charge on any atom is 0.307 e. The van der Waals surface area contributed by atoms with Gasteiger partial charge in [-0.1, -0.05) is 37.0 Å². The minimum absolute atomic E-state index is 0.0165. The summed E-state index contributed by atoms with van der Waals surface area (Å²) in [5, 5.41) is -0.731. The van der Waals surface area contributed by atoms with Gasteiger partial charge in [0.15, 0.2) is 9.84 Å². The van der Waals surface area contributed by atoms with Crippen molar-refractivity contribution < 1.29 is 17.9 Å². The molecule has 2 fully saturated rings. The molecule has 0 aromatic heterocycles. The molecule has 5 heteroatoms. The highest BCUT2D eigenvalue weighted by atomic mass is 32.2. The molecule has 3 rings (SSSR count). The van der Waals surface area contributed by atoms with E-state index in [1.807, 2.05) is 6.92 Å². The van der Waals surface area contributed by atoms with Crippen molar-refractivity contribution in [1.82, 2.24) is 0 Å². The first-order chi connectivity index (χ1) is 10.5. The highest BCUT2D eigenvalue weighted by Gasteiger charge is 2.47. The van der Waals surface area contributed by atoms with Crippen molar-refractivity contribution in [1.29, 1.82) is 0 Å². The van der Waals surface area contributed by atoms with Gasteiger partial charge in [-0.05, 0) is 37.8 Å². The molecular formula is C17H22O4S. The van der Waals surface area contributed by atoms with Crippen molar-refractivity contribution in [2.45, 2.75) is 61.7 Å². The summed E-state index contributed by atoms with van der Waals surface area (Å²) in [5.74, 6) is -0.193. The van der Waals surface area contributed by atoms with Gasteiger partial charge in [-0.15, -0.1) is 0 Å². The molecule has 2 aliphatic rings. The van der Waals surface area contributed by atoms with E-state index in [0.29, 0.717) is 4.90 Å². The predicted octanol–water partition coefficient (Wildman–Crippen LogP) is 3.03. The van der Waals surface area contributed by atoms with Crippen LogP contribution in [0.25, 0.3) is 0 Å². The average Bonchev–Trinajstić information content (AvgIpc) is 2.91. The van der Waals surface area contributed by atoms with Crippen LogP contribution in [-0.4, -0.2) is 25.7 Å². The van der Waals surface area contributed by atoms with Crippen LogP contribution in [0.1, 0.15) is 44.1 Å².